The number of nitrogens with one attached hydrogen (secondary N) is 1. The molecule has 3 aromatic carbocycles. The second-order valence-corrected chi connectivity index (χ2v) is 7.61. The van der Waals surface area contributed by atoms with Crippen LogP contribution in [0.4, 0.5) is 0 Å². The Morgan fingerprint density at radius 1 is 0.900 bits per heavy atom. The molecule has 1 amide bonds. The summed E-state index contributed by atoms with van der Waals surface area (Å²) in [5, 5.41) is 4.90. The molecular weight excluding hydrogens is 378 g/mol. The number of esters is 1. The van der Waals surface area contributed by atoms with Crippen molar-refractivity contribution in [1.82, 2.24) is 5.32 Å². The number of fused-ring (bicyclic) bond motifs is 1. The van der Waals surface area contributed by atoms with Crippen LogP contribution in [0.1, 0.15) is 36.7 Å². The average Bonchev–Trinajstić information content (AvgIpc) is 2.72. The number of carbonyl (C=O) groups is 3. The van der Waals surface area contributed by atoms with E-state index in [1.807, 2.05) is 56.3 Å². The van der Waals surface area contributed by atoms with Gasteiger partial charge in [0, 0.05) is 5.56 Å². The number of hydrogen-bond donors (Lipinski definition) is 1. The number of benzene rings is 3. The molecule has 0 aliphatic heterocycles. The Labute approximate surface area is 176 Å². The number of rotatable bonds is 7. The number of carbonyl (C=O) groups excluding carboxylic acids is 3. The SMILES string of the molecule is CC(=O)c1ccc(OC(=O)[C@@H](NC(=O)Cc2cccc3ccccc23)C(C)C)cc1. The molecule has 154 valence electrons. The van der Waals surface area contributed by atoms with Gasteiger partial charge in [-0.3, -0.25) is 9.59 Å². The first-order valence-electron chi connectivity index (χ1n) is 9.94. The second-order valence-electron chi connectivity index (χ2n) is 7.61. The van der Waals surface area contributed by atoms with Gasteiger partial charge in [0.1, 0.15) is 11.8 Å². The van der Waals surface area contributed by atoms with Gasteiger partial charge in [0.25, 0.3) is 0 Å². The Morgan fingerprint density at radius 3 is 2.23 bits per heavy atom. The standard InChI is InChI=1S/C25H25NO4/c1-16(2)24(25(29)30-21-13-11-18(12-14-21)17(3)27)26-23(28)15-20-9-6-8-19-7-4-5-10-22(19)20/h4-14,16,24H,15H2,1-3H3,(H,26,28)/t24-/m0/s1. The Hall–Kier alpha value is -3.47. The molecule has 5 nitrogen and oxygen atoms in total. The van der Waals surface area contributed by atoms with Gasteiger partial charge in [-0.2, -0.15) is 0 Å². The molecule has 3 rings (SSSR count). The van der Waals surface area contributed by atoms with Crippen LogP contribution in [0.5, 0.6) is 5.75 Å². The predicted octanol–water partition coefficient (Wildman–Crippen LogP) is 4.33. The van der Waals surface area contributed by atoms with E-state index in [0.29, 0.717) is 11.3 Å². The van der Waals surface area contributed by atoms with Crippen molar-refractivity contribution >= 4 is 28.4 Å². The first kappa shape index (κ1) is 21.2. The van der Waals surface area contributed by atoms with Crippen molar-refractivity contribution in [2.45, 2.75) is 33.2 Å². The van der Waals surface area contributed by atoms with Crippen LogP contribution < -0.4 is 10.1 Å². The van der Waals surface area contributed by atoms with E-state index in [2.05, 4.69) is 5.32 Å². The van der Waals surface area contributed by atoms with E-state index in [0.717, 1.165) is 16.3 Å². The van der Waals surface area contributed by atoms with Crippen molar-refractivity contribution in [2.75, 3.05) is 0 Å². The van der Waals surface area contributed by atoms with Gasteiger partial charge >= 0.3 is 5.97 Å². The maximum atomic E-state index is 12.7. The van der Waals surface area contributed by atoms with Crippen LogP contribution >= 0.6 is 0 Å². The van der Waals surface area contributed by atoms with Crippen LogP contribution in [0, 0.1) is 5.92 Å². The third-order valence-electron chi connectivity index (χ3n) is 4.95. The number of ketones is 1. The minimum atomic E-state index is -0.778. The summed E-state index contributed by atoms with van der Waals surface area (Å²) in [4.78, 5) is 36.7. The van der Waals surface area contributed by atoms with Gasteiger partial charge in [0.05, 0.1) is 6.42 Å². The Balaban J connectivity index is 1.69. The molecule has 1 N–H and O–H groups in total. The molecule has 0 aliphatic carbocycles. The molecule has 0 aromatic heterocycles. The molecule has 30 heavy (non-hydrogen) atoms. The summed E-state index contributed by atoms with van der Waals surface area (Å²) in [6, 6.07) is 19.3. The summed E-state index contributed by atoms with van der Waals surface area (Å²) >= 11 is 0. The van der Waals surface area contributed by atoms with Crippen molar-refractivity contribution in [3.63, 3.8) is 0 Å². The normalized spacial score (nSPS) is 11.9. The van der Waals surface area contributed by atoms with E-state index in [1.54, 1.807) is 24.3 Å². The third kappa shape index (κ3) is 5.11. The van der Waals surface area contributed by atoms with Gasteiger partial charge in [-0.05, 0) is 53.4 Å². The van der Waals surface area contributed by atoms with E-state index in [4.69, 9.17) is 4.74 Å². The topological polar surface area (TPSA) is 72.5 Å². The van der Waals surface area contributed by atoms with E-state index < -0.39 is 12.0 Å². The lowest BCUT2D eigenvalue weighted by molar-refractivity contribution is -0.140. The van der Waals surface area contributed by atoms with Gasteiger partial charge in [0.2, 0.25) is 5.91 Å². The van der Waals surface area contributed by atoms with E-state index in [-0.39, 0.29) is 24.0 Å². The minimum Gasteiger partial charge on any atom is -0.425 e. The first-order valence-corrected chi connectivity index (χ1v) is 9.94. The molecule has 1 atom stereocenters. The third-order valence-corrected chi connectivity index (χ3v) is 4.95. The summed E-state index contributed by atoms with van der Waals surface area (Å²) in [5.41, 5.74) is 1.44. The van der Waals surface area contributed by atoms with Gasteiger partial charge in [-0.15, -0.1) is 0 Å². The van der Waals surface area contributed by atoms with Crippen molar-refractivity contribution in [1.29, 1.82) is 0 Å². The molecule has 0 saturated heterocycles. The molecule has 0 unspecified atom stereocenters. The van der Waals surface area contributed by atoms with Crippen LogP contribution in [0.3, 0.4) is 0 Å². The molecule has 0 saturated carbocycles. The average molecular weight is 403 g/mol. The fourth-order valence-corrected chi connectivity index (χ4v) is 3.28. The second kappa shape index (κ2) is 9.35. The Bertz CT molecular complexity index is 1060. The molecule has 0 spiro atoms. The number of Topliss-reactive ketones (excluding diaryl/α,β-unsaturated/α-hetero) is 1. The molecule has 0 heterocycles. The van der Waals surface area contributed by atoms with Crippen LogP contribution in [-0.2, 0) is 16.0 Å². The van der Waals surface area contributed by atoms with Gasteiger partial charge in [0.15, 0.2) is 5.78 Å². The predicted molar refractivity (Wildman–Crippen MR) is 117 cm³/mol. The zero-order chi connectivity index (χ0) is 21.7. The summed E-state index contributed by atoms with van der Waals surface area (Å²) in [5.74, 6) is -0.654. The van der Waals surface area contributed by atoms with Crippen molar-refractivity contribution in [2.24, 2.45) is 5.92 Å². The maximum Gasteiger partial charge on any atom is 0.334 e. The van der Waals surface area contributed by atoms with Gasteiger partial charge < -0.3 is 10.1 Å². The number of hydrogen-bond acceptors (Lipinski definition) is 4. The maximum absolute atomic E-state index is 12.7. The smallest absolute Gasteiger partial charge is 0.334 e. The highest BCUT2D eigenvalue weighted by atomic mass is 16.5. The zero-order valence-corrected chi connectivity index (χ0v) is 17.3. The molecule has 0 fully saturated rings. The summed E-state index contributed by atoms with van der Waals surface area (Å²) < 4.78 is 5.43. The van der Waals surface area contributed by atoms with Crippen molar-refractivity contribution in [3.8, 4) is 5.75 Å². The van der Waals surface area contributed by atoms with Crippen LogP contribution in [0.15, 0.2) is 66.7 Å². The highest BCUT2D eigenvalue weighted by molar-refractivity contribution is 5.94. The van der Waals surface area contributed by atoms with Gasteiger partial charge in [-0.25, -0.2) is 4.79 Å². The highest BCUT2D eigenvalue weighted by Crippen LogP contribution is 2.19. The van der Waals surface area contributed by atoms with Crippen LogP contribution in [0.25, 0.3) is 10.8 Å². The van der Waals surface area contributed by atoms with E-state index >= 15 is 0 Å². The van der Waals surface area contributed by atoms with Crippen LogP contribution in [0.2, 0.25) is 0 Å². The van der Waals surface area contributed by atoms with Crippen molar-refractivity contribution < 1.29 is 19.1 Å². The lowest BCUT2D eigenvalue weighted by Gasteiger charge is -2.21. The molecular formula is C25H25NO4. The summed E-state index contributed by atoms with van der Waals surface area (Å²) in [6.45, 7) is 5.17. The number of ether oxygens (including phenoxy) is 1. The van der Waals surface area contributed by atoms with Crippen molar-refractivity contribution in [3.05, 3.63) is 77.9 Å². The fraction of sp³-hybridized carbons (Fsp3) is 0.240. The molecule has 3 aromatic rings. The van der Waals surface area contributed by atoms with E-state index in [9.17, 15) is 14.4 Å². The largest absolute Gasteiger partial charge is 0.425 e. The zero-order valence-electron chi connectivity index (χ0n) is 17.3. The minimum absolute atomic E-state index is 0.0615. The fourth-order valence-electron chi connectivity index (χ4n) is 3.28. The Morgan fingerprint density at radius 2 is 1.57 bits per heavy atom. The monoisotopic (exact) mass is 403 g/mol. The highest BCUT2D eigenvalue weighted by Gasteiger charge is 2.26. The summed E-state index contributed by atoms with van der Waals surface area (Å²) in [6.07, 6.45) is 0.172. The Kier molecular flexibility index (Phi) is 6.62. The molecule has 0 aliphatic rings. The molecule has 5 heteroatoms. The van der Waals surface area contributed by atoms with Crippen LogP contribution in [-0.4, -0.2) is 23.7 Å². The molecule has 0 bridgehead atoms. The lowest BCUT2D eigenvalue weighted by Crippen LogP contribution is -2.46. The summed E-state index contributed by atoms with van der Waals surface area (Å²) in [7, 11) is 0. The van der Waals surface area contributed by atoms with Gasteiger partial charge in [-0.1, -0.05) is 56.3 Å². The van der Waals surface area contributed by atoms with E-state index in [1.165, 1.54) is 6.92 Å². The lowest BCUT2D eigenvalue weighted by atomic mass is 10.0. The number of amides is 1. The quantitative estimate of drug-likeness (QED) is 0.362. The first-order chi connectivity index (χ1) is 14.3. The molecule has 0 radical (unpaired) electrons.